The van der Waals surface area contributed by atoms with Crippen LogP contribution in [0.4, 0.5) is 5.95 Å². The SMILES string of the molecule is CC1(C)CN(C(=O)Cn2nnnc2N)C[C@@H]1c1ccccc1. The first-order valence-corrected chi connectivity index (χ1v) is 7.32. The molecule has 1 aliphatic heterocycles. The number of carbonyl (C=O) groups is 1. The number of anilines is 1. The number of nitrogens with two attached hydrogens (primary N) is 1. The summed E-state index contributed by atoms with van der Waals surface area (Å²) in [7, 11) is 0. The molecule has 0 bridgehead atoms. The summed E-state index contributed by atoms with van der Waals surface area (Å²) < 4.78 is 1.32. The molecule has 0 saturated carbocycles. The molecule has 1 aliphatic rings. The van der Waals surface area contributed by atoms with Crippen molar-refractivity contribution in [2.24, 2.45) is 5.41 Å². The summed E-state index contributed by atoms with van der Waals surface area (Å²) in [6, 6.07) is 10.3. The Morgan fingerprint density at radius 3 is 2.73 bits per heavy atom. The molecule has 22 heavy (non-hydrogen) atoms. The number of aromatic nitrogens is 4. The molecular formula is C15H20N6O. The Hall–Kier alpha value is -2.44. The van der Waals surface area contributed by atoms with Crippen LogP contribution in [-0.4, -0.2) is 44.1 Å². The molecule has 2 aromatic rings. The zero-order chi connectivity index (χ0) is 15.7. The molecule has 1 fully saturated rings. The van der Waals surface area contributed by atoms with Crippen LogP contribution >= 0.6 is 0 Å². The van der Waals surface area contributed by atoms with E-state index in [1.54, 1.807) is 0 Å². The Bertz CT molecular complexity index is 666. The van der Waals surface area contributed by atoms with Crippen molar-refractivity contribution in [1.29, 1.82) is 0 Å². The molecular weight excluding hydrogens is 280 g/mol. The number of carbonyl (C=O) groups excluding carboxylic acids is 1. The van der Waals surface area contributed by atoms with Gasteiger partial charge in [0.1, 0.15) is 6.54 Å². The number of nitrogen functional groups attached to an aromatic ring is 1. The van der Waals surface area contributed by atoms with Gasteiger partial charge >= 0.3 is 0 Å². The van der Waals surface area contributed by atoms with Crippen LogP contribution in [0.15, 0.2) is 30.3 Å². The summed E-state index contributed by atoms with van der Waals surface area (Å²) in [6.07, 6.45) is 0. The lowest BCUT2D eigenvalue weighted by Crippen LogP contribution is -2.33. The molecule has 1 aromatic carbocycles. The number of tetrazole rings is 1. The van der Waals surface area contributed by atoms with E-state index in [0.717, 1.165) is 0 Å². The number of nitrogens with zero attached hydrogens (tertiary/aromatic N) is 5. The Labute approximate surface area is 129 Å². The van der Waals surface area contributed by atoms with Gasteiger partial charge in [0, 0.05) is 19.0 Å². The van der Waals surface area contributed by atoms with E-state index < -0.39 is 0 Å². The van der Waals surface area contributed by atoms with E-state index in [1.165, 1.54) is 10.2 Å². The Kier molecular flexibility index (Phi) is 3.56. The van der Waals surface area contributed by atoms with E-state index in [4.69, 9.17) is 5.73 Å². The standard InChI is InChI=1S/C15H20N6O/c1-15(2)10-20(8-12(15)11-6-4-3-5-7-11)13(22)9-21-14(16)17-18-19-21/h3-7,12H,8-10H2,1-2H3,(H2,16,17,19)/t12-/m1/s1. The van der Waals surface area contributed by atoms with Crippen molar-refractivity contribution in [3.05, 3.63) is 35.9 Å². The second kappa shape index (κ2) is 5.40. The van der Waals surface area contributed by atoms with Crippen LogP contribution in [-0.2, 0) is 11.3 Å². The Balaban J connectivity index is 1.75. The van der Waals surface area contributed by atoms with Crippen LogP contribution in [0, 0.1) is 5.41 Å². The van der Waals surface area contributed by atoms with Gasteiger partial charge < -0.3 is 10.6 Å². The summed E-state index contributed by atoms with van der Waals surface area (Å²) >= 11 is 0. The van der Waals surface area contributed by atoms with Gasteiger partial charge in [-0.1, -0.05) is 49.3 Å². The lowest BCUT2D eigenvalue weighted by Gasteiger charge is -2.25. The maximum absolute atomic E-state index is 12.5. The molecule has 1 amide bonds. The van der Waals surface area contributed by atoms with Gasteiger partial charge in [-0.3, -0.25) is 4.79 Å². The highest BCUT2D eigenvalue weighted by Crippen LogP contribution is 2.42. The normalized spacial score (nSPS) is 20.3. The van der Waals surface area contributed by atoms with E-state index in [0.29, 0.717) is 19.0 Å². The first-order valence-electron chi connectivity index (χ1n) is 7.32. The van der Waals surface area contributed by atoms with Gasteiger partial charge in [0.15, 0.2) is 0 Å². The van der Waals surface area contributed by atoms with Crippen molar-refractivity contribution < 1.29 is 4.79 Å². The summed E-state index contributed by atoms with van der Waals surface area (Å²) in [5.74, 6) is 0.473. The lowest BCUT2D eigenvalue weighted by atomic mass is 9.78. The molecule has 7 nitrogen and oxygen atoms in total. The maximum atomic E-state index is 12.5. The minimum absolute atomic E-state index is 0.00879. The molecule has 1 atom stereocenters. The Morgan fingerprint density at radius 2 is 2.09 bits per heavy atom. The van der Waals surface area contributed by atoms with E-state index in [-0.39, 0.29) is 23.8 Å². The predicted octanol–water partition coefficient (Wildman–Crippen LogP) is 0.907. The van der Waals surface area contributed by atoms with Crippen molar-refractivity contribution >= 4 is 11.9 Å². The quantitative estimate of drug-likeness (QED) is 0.910. The third-order valence-corrected chi connectivity index (χ3v) is 4.34. The molecule has 0 unspecified atom stereocenters. The van der Waals surface area contributed by atoms with Gasteiger partial charge in [0.05, 0.1) is 0 Å². The molecule has 116 valence electrons. The van der Waals surface area contributed by atoms with Gasteiger partial charge in [-0.2, -0.15) is 0 Å². The van der Waals surface area contributed by atoms with Crippen LogP contribution in [0.1, 0.15) is 25.3 Å². The number of benzene rings is 1. The fraction of sp³-hybridized carbons (Fsp3) is 0.467. The number of amides is 1. The molecule has 2 heterocycles. The highest BCUT2D eigenvalue weighted by molar-refractivity contribution is 5.76. The average molecular weight is 300 g/mol. The number of likely N-dealkylation sites (tertiary alicyclic amines) is 1. The van der Waals surface area contributed by atoms with Crippen molar-refractivity contribution in [1.82, 2.24) is 25.1 Å². The fourth-order valence-electron chi connectivity index (χ4n) is 3.12. The molecule has 3 rings (SSSR count). The summed E-state index contributed by atoms with van der Waals surface area (Å²) in [5.41, 5.74) is 6.91. The van der Waals surface area contributed by atoms with E-state index in [9.17, 15) is 4.79 Å². The zero-order valence-electron chi connectivity index (χ0n) is 12.8. The molecule has 1 saturated heterocycles. The van der Waals surface area contributed by atoms with Gasteiger partial charge in [-0.15, -0.1) is 0 Å². The van der Waals surface area contributed by atoms with Crippen LogP contribution in [0.3, 0.4) is 0 Å². The van der Waals surface area contributed by atoms with Crippen LogP contribution in [0.25, 0.3) is 0 Å². The average Bonchev–Trinajstić information content (AvgIpc) is 3.03. The highest BCUT2D eigenvalue weighted by Gasteiger charge is 2.41. The van der Waals surface area contributed by atoms with Crippen molar-refractivity contribution in [2.75, 3.05) is 18.8 Å². The molecule has 1 aromatic heterocycles. The van der Waals surface area contributed by atoms with Gasteiger partial charge in [-0.05, 0) is 21.4 Å². The third kappa shape index (κ3) is 2.66. The first kappa shape index (κ1) is 14.5. The van der Waals surface area contributed by atoms with E-state index in [2.05, 4.69) is 41.5 Å². The Morgan fingerprint density at radius 1 is 1.36 bits per heavy atom. The summed E-state index contributed by atoms with van der Waals surface area (Å²) in [6.45, 7) is 5.90. The van der Waals surface area contributed by atoms with Gasteiger partial charge in [-0.25, -0.2) is 4.68 Å². The van der Waals surface area contributed by atoms with Crippen molar-refractivity contribution in [2.45, 2.75) is 26.3 Å². The molecule has 0 radical (unpaired) electrons. The largest absolute Gasteiger partial charge is 0.367 e. The van der Waals surface area contributed by atoms with Crippen LogP contribution in [0.2, 0.25) is 0 Å². The topological polar surface area (TPSA) is 89.9 Å². The predicted molar refractivity (Wildman–Crippen MR) is 81.8 cm³/mol. The van der Waals surface area contributed by atoms with E-state index in [1.807, 2.05) is 23.1 Å². The summed E-state index contributed by atoms with van der Waals surface area (Å²) in [4.78, 5) is 14.4. The fourth-order valence-corrected chi connectivity index (χ4v) is 3.12. The van der Waals surface area contributed by atoms with Crippen molar-refractivity contribution in [3.8, 4) is 0 Å². The zero-order valence-corrected chi connectivity index (χ0v) is 12.8. The lowest BCUT2D eigenvalue weighted by molar-refractivity contribution is -0.131. The molecule has 7 heteroatoms. The first-order chi connectivity index (χ1) is 10.5. The minimum Gasteiger partial charge on any atom is -0.367 e. The number of rotatable bonds is 3. The smallest absolute Gasteiger partial charge is 0.244 e. The van der Waals surface area contributed by atoms with Crippen LogP contribution < -0.4 is 5.73 Å². The number of hydrogen-bond acceptors (Lipinski definition) is 5. The van der Waals surface area contributed by atoms with E-state index >= 15 is 0 Å². The maximum Gasteiger partial charge on any atom is 0.244 e. The summed E-state index contributed by atoms with van der Waals surface area (Å²) in [5, 5.41) is 10.8. The van der Waals surface area contributed by atoms with Gasteiger partial charge in [0.2, 0.25) is 11.9 Å². The second-order valence-corrected chi connectivity index (χ2v) is 6.42. The van der Waals surface area contributed by atoms with Gasteiger partial charge in [0.25, 0.3) is 0 Å². The highest BCUT2D eigenvalue weighted by atomic mass is 16.2. The second-order valence-electron chi connectivity index (χ2n) is 6.42. The van der Waals surface area contributed by atoms with Crippen molar-refractivity contribution in [3.63, 3.8) is 0 Å². The third-order valence-electron chi connectivity index (χ3n) is 4.34. The molecule has 0 spiro atoms. The minimum atomic E-state index is -0.00879. The number of hydrogen-bond donors (Lipinski definition) is 1. The monoisotopic (exact) mass is 300 g/mol. The molecule has 0 aliphatic carbocycles. The van der Waals surface area contributed by atoms with Crippen LogP contribution in [0.5, 0.6) is 0 Å². The molecule has 2 N–H and O–H groups in total.